The van der Waals surface area contributed by atoms with Crippen LogP contribution in [0.1, 0.15) is 165 Å². The fourth-order valence-corrected chi connectivity index (χ4v) is 12.0. The van der Waals surface area contributed by atoms with Gasteiger partial charge in [0.25, 0.3) is 11.8 Å². The molecule has 0 fully saturated rings. The number of hydrogen-bond donors (Lipinski definition) is 10. The van der Waals surface area contributed by atoms with E-state index in [0.29, 0.717) is 106 Å². The summed E-state index contributed by atoms with van der Waals surface area (Å²) in [6, 6.07) is 35.9. The number of esters is 2. The second-order valence-corrected chi connectivity index (χ2v) is 32.7. The van der Waals surface area contributed by atoms with Crippen LogP contribution in [0.4, 0.5) is 39.8 Å². The van der Waals surface area contributed by atoms with Crippen LogP contribution >= 0.6 is 11.6 Å². The van der Waals surface area contributed by atoms with Crippen molar-refractivity contribution in [3.05, 3.63) is 162 Å². The molecular weight excluding hydrogens is 1560 g/mol. The molecule has 3 heterocycles. The predicted molar refractivity (Wildman–Crippen MR) is 455 cm³/mol. The third kappa shape index (κ3) is 37.2. The molecule has 0 saturated carbocycles. The van der Waals surface area contributed by atoms with Crippen LogP contribution in [-0.2, 0) is 62.2 Å². The van der Waals surface area contributed by atoms with Crippen molar-refractivity contribution in [1.82, 2.24) is 27.4 Å². The maximum Gasteiger partial charge on any atom is 0.413 e. The number of nitrogens with zero attached hydrogens (tertiary/aromatic N) is 5. The molecule has 26 nitrogen and oxygen atoms in total. The van der Waals surface area contributed by atoms with Crippen LogP contribution in [0.5, 0.6) is 0 Å². The van der Waals surface area contributed by atoms with Crippen molar-refractivity contribution in [1.29, 1.82) is 0 Å². The molecule has 0 saturated heterocycles. The molecule has 0 aromatic heterocycles. The first kappa shape index (κ1) is 99.5. The number of amides is 4. The molecule has 9 rings (SSSR count). The van der Waals surface area contributed by atoms with Crippen molar-refractivity contribution < 1.29 is 88.2 Å². The Morgan fingerprint density at radius 1 is 0.492 bits per heavy atom. The van der Waals surface area contributed by atoms with E-state index in [1.54, 1.807) is 91.8 Å². The van der Waals surface area contributed by atoms with Crippen LogP contribution < -0.4 is 62.0 Å². The molecule has 4 amide bonds. The number of ether oxygens (including phenoxy) is 4. The molecule has 6 aromatic rings. The maximum atomic E-state index is 13.3. The van der Waals surface area contributed by atoms with E-state index in [2.05, 4.69) is 51.2 Å². The number of alkyl halides is 1. The smallest absolute Gasteiger partial charge is 0.413 e. The van der Waals surface area contributed by atoms with E-state index < -0.39 is 40.6 Å². The molecule has 118 heavy (non-hydrogen) atoms. The number of carboxylic acid groups (broad SMARTS) is 1. The summed E-state index contributed by atoms with van der Waals surface area (Å²) in [6.07, 6.45) is 4.92. The standard InChI is InChI=1S/C33H43FN4O5.C21H23ClFN5O.C18H35N3O4.C15H10FNO2.ClH.H3N/c1-21(37-31(41)43-33(5,6)7)35-16-8-9-22(17-29(39)42-32(2,3)4)20-36-30(40)28-19-25-11-10-24(18-27(25)38-28)23-12-14-26(34)15-13-23;22-16(2-1-9-26-21(24)25)12-27-20(29)19-11-15-4-3-14(10-18(15)28-19)13-5-7-17(23)8-6-13;1-13(21-16(23)25-18(5,6)7)20-10-8-9-14(12-19)11-15(22)24-17(2,3)4;16-12-5-3-9(4-6-12)10-1-2-11-8-14(15(18)19)17-13(11)7-10;;/h10-15,18,22H,8-9,16-17,19-20H2,1-7H3,(H,36,40)(H,35,37,41);3-8,10,16H,1-2,9,11-12H2,(H,27,29)(H4,24,25,26);14H,8-12,19H2,1-7H3,(H,20,21,23);1-7H,8H2,(H,18,19);1H;1H3/t22-;16-;14-;;;/m101.../s1. The Bertz CT molecular complexity index is 4590. The minimum atomic E-state index is -0.987. The van der Waals surface area contributed by atoms with Gasteiger partial charge in [0.05, 0.1) is 35.4 Å². The van der Waals surface area contributed by atoms with Gasteiger partial charge < -0.3 is 59.0 Å². The van der Waals surface area contributed by atoms with E-state index in [4.69, 9.17) is 52.9 Å². The second-order valence-electron chi connectivity index (χ2n) is 32.1. The van der Waals surface area contributed by atoms with Gasteiger partial charge in [-0.2, -0.15) is 0 Å². The molecule has 3 aliphatic heterocycles. The van der Waals surface area contributed by atoms with E-state index in [0.717, 1.165) is 81.4 Å². The molecule has 3 atom stereocenters. The third-order valence-electron chi connectivity index (χ3n) is 17.1. The lowest BCUT2D eigenvalue weighted by Gasteiger charge is -2.22. The van der Waals surface area contributed by atoms with Crippen LogP contribution in [0.25, 0.3) is 33.4 Å². The van der Waals surface area contributed by atoms with Crippen LogP contribution in [0.3, 0.4) is 0 Å². The van der Waals surface area contributed by atoms with Crippen molar-refractivity contribution >= 4 is 105 Å². The number of rotatable bonds is 27. The highest BCUT2D eigenvalue weighted by Gasteiger charge is 2.28. The first-order valence-corrected chi connectivity index (χ1v) is 39.0. The Morgan fingerprint density at radius 2 is 0.822 bits per heavy atom. The Hall–Kier alpha value is -10.9. The maximum absolute atomic E-state index is 13.3. The van der Waals surface area contributed by atoms with Gasteiger partial charge in [0.15, 0.2) is 0 Å². The molecule has 0 radical (unpaired) electrons. The minimum absolute atomic E-state index is 0. The second kappa shape index (κ2) is 46.9. The van der Waals surface area contributed by atoms with Gasteiger partial charge in [-0.25, -0.2) is 42.5 Å². The number of guanidine groups is 1. The molecule has 0 bridgehead atoms. The summed E-state index contributed by atoms with van der Waals surface area (Å²) in [5.74, 6) is -1.89. The average Bonchev–Trinajstić information content (AvgIpc) is 1.66. The van der Waals surface area contributed by atoms with Gasteiger partial charge >= 0.3 is 36.1 Å². The third-order valence-corrected chi connectivity index (χ3v) is 17.5. The number of hydrogen-bond acceptors (Lipinski definition) is 18. The van der Waals surface area contributed by atoms with E-state index >= 15 is 0 Å². The Morgan fingerprint density at radius 3 is 1.17 bits per heavy atom. The van der Waals surface area contributed by atoms with Crippen LogP contribution in [0, 0.1) is 29.3 Å². The van der Waals surface area contributed by atoms with E-state index in [9.17, 15) is 46.7 Å². The summed E-state index contributed by atoms with van der Waals surface area (Å²) >= 11 is 6.26. The first-order valence-electron chi connectivity index (χ1n) is 38.6. The van der Waals surface area contributed by atoms with Crippen LogP contribution in [-0.4, -0.2) is 149 Å². The summed E-state index contributed by atoms with van der Waals surface area (Å²) in [4.78, 5) is 109. The van der Waals surface area contributed by atoms with Crippen molar-refractivity contribution in [3.8, 4) is 33.4 Å². The van der Waals surface area contributed by atoms with Crippen molar-refractivity contribution in [2.24, 2.45) is 54.0 Å². The monoisotopic (exact) mass is 1670 g/mol. The molecule has 640 valence electrons. The lowest BCUT2D eigenvalue weighted by Crippen LogP contribution is -3.00. The fourth-order valence-electron chi connectivity index (χ4n) is 11.8. The average molecular weight is 1680 g/mol. The lowest BCUT2D eigenvalue weighted by molar-refractivity contribution is -0.459. The number of aliphatic imine (C=N–C) groups is 5. The van der Waals surface area contributed by atoms with Crippen molar-refractivity contribution in [3.63, 3.8) is 0 Å². The zero-order valence-corrected chi connectivity index (χ0v) is 71.4. The van der Waals surface area contributed by atoms with Gasteiger partial charge in [-0.15, -0.1) is 11.6 Å². The van der Waals surface area contributed by atoms with Gasteiger partial charge in [0.2, 0.25) is 0 Å². The van der Waals surface area contributed by atoms with E-state index in [1.165, 1.54) is 36.4 Å². The Balaban J connectivity index is 0.000000343. The van der Waals surface area contributed by atoms with Gasteiger partial charge in [0, 0.05) is 51.9 Å². The summed E-state index contributed by atoms with van der Waals surface area (Å²) in [5, 5.41) is 19.7. The number of carbonyl (C=O) groups is 7. The van der Waals surface area contributed by atoms with Crippen LogP contribution in [0.15, 0.2) is 152 Å². The highest BCUT2D eigenvalue weighted by molar-refractivity contribution is 6.41. The van der Waals surface area contributed by atoms with Crippen molar-refractivity contribution in [2.75, 3.05) is 39.3 Å². The Labute approximate surface area is 700 Å². The zero-order valence-electron chi connectivity index (χ0n) is 69.9. The van der Waals surface area contributed by atoms with Gasteiger partial charge in [-0.3, -0.25) is 56.3 Å². The first-order chi connectivity index (χ1) is 54.4. The number of carboxylic acids is 1. The number of amidine groups is 2. The Kier molecular flexibility index (Phi) is 39.5. The number of halogens is 5. The molecule has 31 heteroatoms. The van der Waals surface area contributed by atoms with Gasteiger partial charge in [0.1, 0.15) is 68.7 Å². The molecule has 0 unspecified atom stereocenters. The normalized spacial score (nSPS) is 13.4. The van der Waals surface area contributed by atoms with Crippen molar-refractivity contribution in [2.45, 2.75) is 195 Å². The number of carbonyl (C=O) groups excluding carboxylic acids is 6. The minimum Gasteiger partial charge on any atom is -1.00 e. The topological polar surface area (TPSA) is 414 Å². The molecule has 6 aromatic carbocycles. The number of nitrogens with one attached hydrogen (secondary N) is 5. The van der Waals surface area contributed by atoms with E-state index in [1.807, 2.05) is 96.1 Å². The number of aliphatic carboxylic acids is 1. The molecule has 0 aliphatic carbocycles. The summed E-state index contributed by atoms with van der Waals surface area (Å²) in [7, 11) is 0. The van der Waals surface area contributed by atoms with Gasteiger partial charge in [-0.05, 0) is 259 Å². The SMILES string of the molecule is CC(=NCCC[C@@H](CN)CC(=O)OC(C)(C)C)NC(=O)OC(C)(C)C.CC(=NCCC[C@@H](CNC(=O)C1=Nc2cc(-c3ccc(F)cc3)ccc2C1)CC(=O)OC(C)(C)C)NC(=O)OC(C)(C)C.N.NC(N)=[NH+]CCC[C@H](Cl)CNC(=O)C1=Nc2cc(-c3ccc(F)cc3)ccc2C1.O=C(O)C1=Nc2cc(-c3ccc(F)cc3)ccc2C1.[Cl-]. The fraction of sp³-hybridized carbons (Fsp3) is 0.437. The highest BCUT2D eigenvalue weighted by atomic mass is 35.5. The zero-order chi connectivity index (χ0) is 85.7. The van der Waals surface area contributed by atoms with E-state index in [-0.39, 0.29) is 102 Å². The number of benzene rings is 6. The lowest BCUT2D eigenvalue weighted by atomic mass is 9.98. The molecule has 3 aliphatic rings. The molecular formula is C87H115Cl2F3N14O12. The summed E-state index contributed by atoms with van der Waals surface area (Å²) < 4.78 is 60.5. The molecule has 0 spiro atoms. The number of fused-ring (bicyclic) bond motifs is 3. The van der Waals surface area contributed by atoms with Crippen LogP contribution in [0.2, 0.25) is 0 Å². The number of nitrogens with two attached hydrogens (primary N) is 3. The predicted octanol–water partition coefficient (Wildman–Crippen LogP) is 10.7. The summed E-state index contributed by atoms with van der Waals surface area (Å²) in [5.41, 5.74) is 25.5. The summed E-state index contributed by atoms with van der Waals surface area (Å²) in [6.45, 7) is 27.8. The highest BCUT2D eigenvalue weighted by Crippen LogP contribution is 2.36. The largest absolute Gasteiger partial charge is 1.00 e. The number of alkyl carbamates (subject to hydrolysis) is 2. The quantitative estimate of drug-likeness (QED) is 0.00572. The molecule has 15 N–H and O–H groups in total. The van der Waals surface area contributed by atoms with Gasteiger partial charge in [-0.1, -0.05) is 72.8 Å².